The smallest absolute Gasteiger partial charge is 0.395 e. The highest BCUT2D eigenvalue weighted by atomic mass is 35.5. The van der Waals surface area contributed by atoms with E-state index in [1.54, 1.807) is 12.1 Å². The number of nitrogens with one attached hydrogen (secondary N) is 1. The van der Waals surface area contributed by atoms with Crippen molar-refractivity contribution in [1.82, 2.24) is 10.2 Å². The lowest BCUT2D eigenvalue weighted by molar-refractivity contribution is -0.286. The predicted octanol–water partition coefficient (Wildman–Crippen LogP) is 3.42. The largest absolute Gasteiger partial charge is 0.586 e. The Balaban J connectivity index is 0.00000192. The molecule has 2 aliphatic rings. The zero-order chi connectivity index (χ0) is 15.7. The first-order valence-corrected chi connectivity index (χ1v) is 7.79. The number of alkyl halides is 2. The van der Waals surface area contributed by atoms with Crippen molar-refractivity contribution in [2.45, 2.75) is 32.6 Å². The molecular formula is C16H23ClF2N2O2. The summed E-state index contributed by atoms with van der Waals surface area (Å²) in [7, 11) is 0. The summed E-state index contributed by atoms with van der Waals surface area (Å²) in [6.07, 6.45) is -2.57. The number of benzene rings is 1. The molecule has 0 aliphatic carbocycles. The molecular weight excluding hydrogens is 326 g/mol. The van der Waals surface area contributed by atoms with Gasteiger partial charge in [-0.15, -0.1) is 21.2 Å². The van der Waals surface area contributed by atoms with Crippen molar-refractivity contribution < 1.29 is 18.3 Å². The van der Waals surface area contributed by atoms with Gasteiger partial charge < -0.3 is 14.8 Å². The summed E-state index contributed by atoms with van der Waals surface area (Å²) >= 11 is 0. The third-order valence-corrected chi connectivity index (χ3v) is 4.10. The van der Waals surface area contributed by atoms with E-state index in [1.165, 1.54) is 0 Å². The van der Waals surface area contributed by atoms with Gasteiger partial charge in [0.15, 0.2) is 11.5 Å². The van der Waals surface area contributed by atoms with Crippen LogP contribution in [0.25, 0.3) is 0 Å². The highest BCUT2D eigenvalue weighted by Crippen LogP contribution is 2.43. The lowest BCUT2D eigenvalue weighted by atomic mass is 9.94. The van der Waals surface area contributed by atoms with E-state index in [0.29, 0.717) is 5.92 Å². The molecule has 0 radical (unpaired) electrons. The van der Waals surface area contributed by atoms with E-state index in [0.717, 1.165) is 38.2 Å². The first-order chi connectivity index (χ1) is 10.4. The van der Waals surface area contributed by atoms with Gasteiger partial charge in [0, 0.05) is 32.2 Å². The number of nitrogens with zero attached hydrogens (tertiary/aromatic N) is 1. The van der Waals surface area contributed by atoms with Crippen LogP contribution in [0.4, 0.5) is 8.78 Å². The van der Waals surface area contributed by atoms with E-state index < -0.39 is 6.29 Å². The molecule has 3 rings (SSSR count). The predicted molar refractivity (Wildman–Crippen MR) is 86.5 cm³/mol. The fraction of sp³-hybridized carbons (Fsp3) is 0.625. The van der Waals surface area contributed by atoms with Crippen LogP contribution in [0.1, 0.15) is 31.9 Å². The first-order valence-electron chi connectivity index (χ1n) is 7.79. The molecule has 1 aromatic carbocycles. The van der Waals surface area contributed by atoms with E-state index in [9.17, 15) is 8.78 Å². The molecule has 4 nitrogen and oxygen atoms in total. The van der Waals surface area contributed by atoms with Gasteiger partial charge in [-0.2, -0.15) is 0 Å². The third kappa shape index (κ3) is 4.25. The lowest BCUT2D eigenvalue weighted by Gasteiger charge is -2.36. The van der Waals surface area contributed by atoms with Crippen LogP contribution in [-0.2, 0) is 0 Å². The van der Waals surface area contributed by atoms with Gasteiger partial charge in [0.25, 0.3) is 0 Å². The molecule has 2 heterocycles. The summed E-state index contributed by atoms with van der Waals surface area (Å²) in [6, 6.07) is 5.37. The highest BCUT2D eigenvalue weighted by Gasteiger charge is 2.43. The Hall–Kier alpha value is -1.11. The van der Waals surface area contributed by atoms with Gasteiger partial charge >= 0.3 is 6.29 Å². The number of hydrogen-bond acceptors (Lipinski definition) is 4. The zero-order valence-corrected chi connectivity index (χ0v) is 14.2. The summed E-state index contributed by atoms with van der Waals surface area (Å²) in [5.74, 6) is 0.760. The second-order valence-electron chi connectivity index (χ2n) is 6.30. The minimum Gasteiger partial charge on any atom is -0.395 e. The second kappa shape index (κ2) is 7.20. The minimum absolute atomic E-state index is 0. The van der Waals surface area contributed by atoms with Crippen LogP contribution < -0.4 is 14.8 Å². The van der Waals surface area contributed by atoms with Crippen molar-refractivity contribution >= 4 is 12.4 Å². The molecule has 1 N–H and O–H groups in total. The minimum atomic E-state index is -3.55. The van der Waals surface area contributed by atoms with Crippen molar-refractivity contribution in [2.75, 3.05) is 26.2 Å². The molecule has 0 aromatic heterocycles. The Morgan fingerprint density at radius 2 is 1.83 bits per heavy atom. The zero-order valence-electron chi connectivity index (χ0n) is 13.4. The molecule has 7 heteroatoms. The number of hydrogen-bond donors (Lipinski definition) is 1. The van der Waals surface area contributed by atoms with Gasteiger partial charge in [0.05, 0.1) is 0 Å². The molecule has 0 bridgehead atoms. The molecule has 1 saturated heterocycles. The second-order valence-corrected chi connectivity index (χ2v) is 6.30. The average molecular weight is 349 g/mol. The maximum absolute atomic E-state index is 13.2. The Kier molecular flexibility index (Phi) is 5.70. The summed E-state index contributed by atoms with van der Waals surface area (Å²) in [4.78, 5) is 2.41. The summed E-state index contributed by atoms with van der Waals surface area (Å²) in [5, 5.41) is 3.34. The van der Waals surface area contributed by atoms with Crippen molar-refractivity contribution in [3.8, 4) is 11.5 Å². The Morgan fingerprint density at radius 1 is 1.17 bits per heavy atom. The summed E-state index contributed by atoms with van der Waals surface area (Å²) < 4.78 is 35.4. The molecule has 1 fully saturated rings. The molecule has 23 heavy (non-hydrogen) atoms. The monoisotopic (exact) mass is 348 g/mol. The van der Waals surface area contributed by atoms with Crippen molar-refractivity contribution in [3.05, 3.63) is 23.8 Å². The fourth-order valence-electron chi connectivity index (χ4n) is 3.11. The van der Waals surface area contributed by atoms with Gasteiger partial charge in [0.1, 0.15) is 0 Å². The van der Waals surface area contributed by atoms with Crippen LogP contribution in [0.3, 0.4) is 0 Å². The van der Waals surface area contributed by atoms with Crippen LogP contribution in [0.2, 0.25) is 0 Å². The summed E-state index contributed by atoms with van der Waals surface area (Å²) in [5.41, 5.74) is 1.01. The number of rotatable bonds is 4. The van der Waals surface area contributed by atoms with E-state index in [4.69, 9.17) is 0 Å². The van der Waals surface area contributed by atoms with Crippen LogP contribution in [-0.4, -0.2) is 37.4 Å². The molecule has 0 spiro atoms. The van der Waals surface area contributed by atoms with Crippen molar-refractivity contribution in [3.63, 3.8) is 0 Å². The third-order valence-electron chi connectivity index (χ3n) is 4.10. The quantitative estimate of drug-likeness (QED) is 0.904. The molecule has 0 amide bonds. The Morgan fingerprint density at radius 3 is 2.48 bits per heavy atom. The topological polar surface area (TPSA) is 33.7 Å². The van der Waals surface area contributed by atoms with Gasteiger partial charge in [-0.3, -0.25) is 4.90 Å². The van der Waals surface area contributed by atoms with Crippen LogP contribution in [0.5, 0.6) is 11.5 Å². The Labute approximate surface area is 141 Å². The van der Waals surface area contributed by atoms with E-state index in [-0.39, 0.29) is 29.9 Å². The number of halogens is 3. The van der Waals surface area contributed by atoms with Gasteiger partial charge in [0.2, 0.25) is 0 Å². The number of piperazine rings is 1. The first kappa shape index (κ1) is 18.2. The number of fused-ring (bicyclic) bond motifs is 1. The maximum Gasteiger partial charge on any atom is 0.586 e. The summed E-state index contributed by atoms with van der Waals surface area (Å²) in [6.45, 7) is 8.19. The van der Waals surface area contributed by atoms with Crippen LogP contribution in [0, 0.1) is 5.92 Å². The fourth-order valence-corrected chi connectivity index (χ4v) is 3.11. The lowest BCUT2D eigenvalue weighted by Crippen LogP contribution is -2.45. The van der Waals surface area contributed by atoms with Crippen LogP contribution >= 0.6 is 12.4 Å². The van der Waals surface area contributed by atoms with Gasteiger partial charge in [-0.05, 0) is 30.0 Å². The highest BCUT2D eigenvalue weighted by molar-refractivity contribution is 5.85. The molecule has 2 aliphatic heterocycles. The number of ether oxygens (including phenoxy) is 2. The van der Waals surface area contributed by atoms with Crippen molar-refractivity contribution in [1.29, 1.82) is 0 Å². The molecule has 0 saturated carbocycles. The normalized spacial score (nSPS) is 21.1. The average Bonchev–Trinajstić information content (AvgIpc) is 2.78. The van der Waals surface area contributed by atoms with E-state index in [2.05, 4.69) is 33.5 Å². The standard InChI is InChI=1S/C16H22F2N2O2.ClH/c1-11(2)9-13(20-7-5-19-6-8-20)12-3-4-14-15(10-12)22-16(17,18)21-14;/h3-4,10-11,13,19H,5-9H2,1-2H3;1H/t13-;/m1./s1. The Bertz CT molecular complexity index is 537. The molecule has 0 unspecified atom stereocenters. The van der Waals surface area contributed by atoms with E-state index in [1.807, 2.05) is 6.07 Å². The molecule has 130 valence electrons. The van der Waals surface area contributed by atoms with Gasteiger partial charge in [-0.1, -0.05) is 19.9 Å². The van der Waals surface area contributed by atoms with Crippen LogP contribution in [0.15, 0.2) is 18.2 Å². The van der Waals surface area contributed by atoms with Crippen molar-refractivity contribution in [2.24, 2.45) is 5.92 Å². The molecule has 1 atom stereocenters. The maximum atomic E-state index is 13.2. The molecule has 1 aromatic rings. The van der Waals surface area contributed by atoms with E-state index >= 15 is 0 Å². The SMILES string of the molecule is CC(C)C[C@H](c1ccc2c(c1)OC(F)(F)O2)N1CCNCC1.Cl. The van der Waals surface area contributed by atoms with Gasteiger partial charge in [-0.25, -0.2) is 0 Å².